The highest BCUT2D eigenvalue weighted by Gasteiger charge is 2.16. The third kappa shape index (κ3) is 3.17. The lowest BCUT2D eigenvalue weighted by atomic mass is 10.1. The second kappa shape index (κ2) is 5.76. The number of para-hydroxylation sites is 1. The van der Waals surface area contributed by atoms with Gasteiger partial charge in [-0.15, -0.1) is 0 Å². The predicted octanol–water partition coefficient (Wildman–Crippen LogP) is 3.43. The van der Waals surface area contributed by atoms with Gasteiger partial charge in [-0.1, -0.05) is 18.2 Å². The number of ether oxygens (including phenoxy) is 1. The number of hydrogen-bond acceptors (Lipinski definition) is 3. The topological polar surface area (TPSA) is 25.6 Å². The Kier molecular flexibility index (Phi) is 3.85. The van der Waals surface area contributed by atoms with Crippen LogP contribution < -0.4 is 0 Å². The molecule has 0 N–H and O–H groups in total. The lowest BCUT2D eigenvalue weighted by molar-refractivity contribution is -0.00332. The van der Waals surface area contributed by atoms with Crippen LogP contribution in [0.15, 0.2) is 34.7 Å². The Morgan fingerprint density at radius 3 is 2.95 bits per heavy atom. The van der Waals surface area contributed by atoms with E-state index < -0.39 is 0 Å². The summed E-state index contributed by atoms with van der Waals surface area (Å²) < 4.78 is 11.6. The van der Waals surface area contributed by atoms with Crippen LogP contribution in [-0.2, 0) is 11.3 Å². The smallest absolute Gasteiger partial charge is 0.134 e. The van der Waals surface area contributed by atoms with E-state index in [4.69, 9.17) is 9.15 Å². The van der Waals surface area contributed by atoms with Crippen molar-refractivity contribution in [2.75, 3.05) is 20.2 Å². The average molecular weight is 259 g/mol. The highest BCUT2D eigenvalue weighted by Crippen LogP contribution is 2.20. The van der Waals surface area contributed by atoms with E-state index in [2.05, 4.69) is 24.1 Å². The summed E-state index contributed by atoms with van der Waals surface area (Å²) in [6.45, 7) is 2.74. The Hall–Kier alpha value is -1.32. The molecule has 0 amide bonds. The molecule has 102 valence electrons. The standard InChI is InChI=1S/C16H21NO2/c1-17(11-14-7-4-5-9-18-14)12-15-10-13-6-2-3-8-16(13)19-15/h2-3,6,8,10,14H,4-5,7,9,11-12H2,1H3. The third-order valence-corrected chi connectivity index (χ3v) is 3.69. The van der Waals surface area contributed by atoms with Crippen molar-refractivity contribution in [3.63, 3.8) is 0 Å². The molecular formula is C16H21NO2. The Labute approximate surface area is 114 Å². The minimum absolute atomic E-state index is 0.392. The van der Waals surface area contributed by atoms with Crippen molar-refractivity contribution in [1.29, 1.82) is 0 Å². The number of nitrogens with zero attached hydrogens (tertiary/aromatic N) is 1. The zero-order valence-corrected chi connectivity index (χ0v) is 11.5. The molecule has 1 saturated heterocycles. The van der Waals surface area contributed by atoms with E-state index in [-0.39, 0.29) is 0 Å². The Morgan fingerprint density at radius 2 is 2.16 bits per heavy atom. The largest absolute Gasteiger partial charge is 0.460 e. The quantitative estimate of drug-likeness (QED) is 0.841. The van der Waals surface area contributed by atoms with Crippen LogP contribution in [-0.4, -0.2) is 31.2 Å². The van der Waals surface area contributed by atoms with Crippen molar-refractivity contribution in [3.8, 4) is 0 Å². The normalized spacial score (nSPS) is 20.2. The van der Waals surface area contributed by atoms with Crippen LogP contribution in [0.3, 0.4) is 0 Å². The van der Waals surface area contributed by atoms with E-state index >= 15 is 0 Å². The molecule has 1 unspecified atom stereocenters. The van der Waals surface area contributed by atoms with Crippen LogP contribution >= 0.6 is 0 Å². The highest BCUT2D eigenvalue weighted by atomic mass is 16.5. The molecule has 0 radical (unpaired) electrons. The van der Waals surface area contributed by atoms with E-state index in [0.29, 0.717) is 6.10 Å². The fourth-order valence-corrected chi connectivity index (χ4v) is 2.74. The fraction of sp³-hybridized carbons (Fsp3) is 0.500. The Bertz CT molecular complexity index is 495. The second-order valence-electron chi connectivity index (χ2n) is 5.44. The molecule has 0 bridgehead atoms. The van der Waals surface area contributed by atoms with Gasteiger partial charge < -0.3 is 9.15 Å². The maximum absolute atomic E-state index is 5.85. The molecule has 0 saturated carbocycles. The van der Waals surface area contributed by atoms with Gasteiger partial charge in [0.2, 0.25) is 0 Å². The molecule has 1 atom stereocenters. The van der Waals surface area contributed by atoms with Crippen LogP contribution in [0, 0.1) is 0 Å². The zero-order chi connectivity index (χ0) is 13.1. The van der Waals surface area contributed by atoms with E-state index in [1.165, 1.54) is 24.6 Å². The van der Waals surface area contributed by atoms with Gasteiger partial charge in [-0.3, -0.25) is 4.90 Å². The van der Waals surface area contributed by atoms with Gasteiger partial charge in [0, 0.05) is 18.5 Å². The first-order valence-electron chi connectivity index (χ1n) is 7.09. The maximum Gasteiger partial charge on any atom is 0.134 e. The second-order valence-corrected chi connectivity index (χ2v) is 5.44. The minimum atomic E-state index is 0.392. The van der Waals surface area contributed by atoms with Crippen LogP contribution in [0.25, 0.3) is 11.0 Å². The van der Waals surface area contributed by atoms with Crippen molar-refractivity contribution in [2.24, 2.45) is 0 Å². The van der Waals surface area contributed by atoms with Gasteiger partial charge in [0.1, 0.15) is 11.3 Å². The van der Waals surface area contributed by atoms with Gasteiger partial charge in [0.15, 0.2) is 0 Å². The fourth-order valence-electron chi connectivity index (χ4n) is 2.74. The summed E-state index contributed by atoms with van der Waals surface area (Å²) in [6.07, 6.45) is 4.08. The van der Waals surface area contributed by atoms with Gasteiger partial charge in [-0.2, -0.15) is 0 Å². The summed E-state index contributed by atoms with van der Waals surface area (Å²) >= 11 is 0. The van der Waals surface area contributed by atoms with Crippen LogP contribution in [0.2, 0.25) is 0 Å². The zero-order valence-electron chi connectivity index (χ0n) is 11.5. The van der Waals surface area contributed by atoms with Crippen molar-refractivity contribution in [2.45, 2.75) is 31.9 Å². The molecule has 3 heteroatoms. The molecule has 0 spiro atoms. The number of likely N-dealkylation sites (N-methyl/N-ethyl adjacent to an activating group) is 1. The van der Waals surface area contributed by atoms with Crippen LogP contribution in [0.4, 0.5) is 0 Å². The molecule has 2 aromatic rings. The highest BCUT2D eigenvalue weighted by molar-refractivity contribution is 5.77. The Morgan fingerprint density at radius 1 is 1.26 bits per heavy atom. The van der Waals surface area contributed by atoms with E-state index in [0.717, 1.165) is 31.0 Å². The molecule has 2 heterocycles. The molecule has 0 aliphatic carbocycles. The first-order chi connectivity index (χ1) is 9.31. The number of fused-ring (bicyclic) bond motifs is 1. The summed E-state index contributed by atoms with van der Waals surface area (Å²) in [5, 5.41) is 1.18. The minimum Gasteiger partial charge on any atom is -0.460 e. The summed E-state index contributed by atoms with van der Waals surface area (Å²) in [7, 11) is 2.13. The average Bonchev–Trinajstić information content (AvgIpc) is 2.81. The molecule has 1 aromatic carbocycles. The van der Waals surface area contributed by atoms with Gasteiger partial charge in [-0.05, 0) is 38.4 Å². The van der Waals surface area contributed by atoms with E-state index in [9.17, 15) is 0 Å². The van der Waals surface area contributed by atoms with Crippen molar-refractivity contribution < 1.29 is 9.15 Å². The van der Waals surface area contributed by atoms with Gasteiger partial charge in [-0.25, -0.2) is 0 Å². The molecule has 1 aliphatic heterocycles. The molecule has 1 aromatic heterocycles. The van der Waals surface area contributed by atoms with Crippen molar-refractivity contribution >= 4 is 11.0 Å². The summed E-state index contributed by atoms with van der Waals surface area (Å²) in [5.41, 5.74) is 0.972. The van der Waals surface area contributed by atoms with E-state index in [1.807, 2.05) is 18.2 Å². The predicted molar refractivity (Wildman–Crippen MR) is 76.1 cm³/mol. The lowest BCUT2D eigenvalue weighted by Crippen LogP contribution is -2.32. The summed E-state index contributed by atoms with van der Waals surface area (Å²) in [5.74, 6) is 1.03. The van der Waals surface area contributed by atoms with Crippen molar-refractivity contribution in [1.82, 2.24) is 4.90 Å². The number of rotatable bonds is 4. The number of furan rings is 1. The van der Waals surface area contributed by atoms with Crippen LogP contribution in [0.5, 0.6) is 0 Å². The third-order valence-electron chi connectivity index (χ3n) is 3.69. The monoisotopic (exact) mass is 259 g/mol. The summed E-state index contributed by atoms with van der Waals surface area (Å²) in [6, 6.07) is 10.3. The van der Waals surface area contributed by atoms with E-state index in [1.54, 1.807) is 0 Å². The molecule has 1 fully saturated rings. The molecule has 19 heavy (non-hydrogen) atoms. The molecule has 1 aliphatic rings. The van der Waals surface area contributed by atoms with Gasteiger partial charge in [0.05, 0.1) is 12.6 Å². The number of benzene rings is 1. The molecule has 3 rings (SSSR count). The SMILES string of the molecule is CN(Cc1cc2ccccc2o1)CC1CCCCO1. The Balaban J connectivity index is 1.60. The first kappa shape index (κ1) is 12.7. The first-order valence-corrected chi connectivity index (χ1v) is 7.09. The maximum atomic E-state index is 5.85. The van der Waals surface area contributed by atoms with Gasteiger partial charge >= 0.3 is 0 Å². The molecular weight excluding hydrogens is 238 g/mol. The van der Waals surface area contributed by atoms with Crippen LogP contribution in [0.1, 0.15) is 25.0 Å². The van der Waals surface area contributed by atoms with Crippen molar-refractivity contribution in [3.05, 3.63) is 36.1 Å². The number of hydrogen-bond donors (Lipinski definition) is 0. The summed E-state index contributed by atoms with van der Waals surface area (Å²) in [4.78, 5) is 2.29. The van der Waals surface area contributed by atoms with Gasteiger partial charge in [0.25, 0.3) is 0 Å². The lowest BCUT2D eigenvalue weighted by Gasteiger charge is -2.26. The molecule has 3 nitrogen and oxygen atoms in total.